The van der Waals surface area contributed by atoms with Crippen molar-refractivity contribution < 1.29 is 14.6 Å². The highest BCUT2D eigenvalue weighted by Gasteiger charge is 2.29. The van der Waals surface area contributed by atoms with Crippen molar-refractivity contribution >= 4 is 5.91 Å². The number of amides is 1. The number of rotatable bonds is 7. The first-order chi connectivity index (χ1) is 10.1. The topological polar surface area (TPSA) is 49.8 Å². The molecule has 0 aliphatic heterocycles. The van der Waals surface area contributed by atoms with E-state index in [0.29, 0.717) is 24.6 Å². The zero-order valence-corrected chi connectivity index (χ0v) is 12.9. The first-order valence-corrected chi connectivity index (χ1v) is 7.76. The molecule has 1 amide bonds. The van der Waals surface area contributed by atoms with Crippen LogP contribution in [0.3, 0.4) is 0 Å². The second-order valence-corrected chi connectivity index (χ2v) is 5.90. The van der Waals surface area contributed by atoms with E-state index in [9.17, 15) is 9.90 Å². The molecule has 0 radical (unpaired) electrons. The number of nitrogens with zero attached hydrogens (tertiary/aromatic N) is 1. The molecule has 1 aliphatic rings. The Morgan fingerprint density at radius 1 is 1.33 bits per heavy atom. The second kappa shape index (κ2) is 7.46. The summed E-state index contributed by atoms with van der Waals surface area (Å²) in [5.41, 5.74) is 0.681. The number of hydrogen-bond acceptors (Lipinski definition) is 3. The predicted octanol–water partition coefficient (Wildman–Crippen LogP) is 2.71. The van der Waals surface area contributed by atoms with Crippen LogP contribution in [-0.4, -0.2) is 42.2 Å². The number of benzene rings is 1. The van der Waals surface area contributed by atoms with Crippen LogP contribution in [-0.2, 0) is 0 Å². The zero-order chi connectivity index (χ0) is 15.2. The van der Waals surface area contributed by atoms with Gasteiger partial charge in [0.05, 0.1) is 12.7 Å². The molecule has 116 valence electrons. The van der Waals surface area contributed by atoms with E-state index >= 15 is 0 Å². The van der Waals surface area contributed by atoms with Gasteiger partial charge in [0.1, 0.15) is 5.75 Å². The van der Waals surface area contributed by atoms with Gasteiger partial charge >= 0.3 is 0 Å². The van der Waals surface area contributed by atoms with Crippen LogP contribution in [0.4, 0.5) is 0 Å². The molecule has 21 heavy (non-hydrogen) atoms. The highest BCUT2D eigenvalue weighted by atomic mass is 16.5. The number of hydrogen-bond donors (Lipinski definition) is 1. The van der Waals surface area contributed by atoms with Crippen LogP contribution in [0.2, 0.25) is 0 Å². The summed E-state index contributed by atoms with van der Waals surface area (Å²) in [5.74, 6) is 1.27. The van der Waals surface area contributed by atoms with Crippen molar-refractivity contribution in [2.45, 2.75) is 38.7 Å². The molecule has 4 nitrogen and oxygen atoms in total. The molecule has 4 heteroatoms. The average Bonchev–Trinajstić information content (AvgIpc) is 2.46. The molecule has 1 N–H and O–H groups in total. The predicted molar refractivity (Wildman–Crippen MR) is 82.5 cm³/mol. The molecule has 0 aromatic heterocycles. The zero-order valence-electron chi connectivity index (χ0n) is 12.9. The minimum absolute atomic E-state index is 0.0245. The van der Waals surface area contributed by atoms with Crippen LogP contribution >= 0.6 is 0 Å². The van der Waals surface area contributed by atoms with Crippen LogP contribution in [0, 0.1) is 5.92 Å². The van der Waals surface area contributed by atoms with E-state index in [0.717, 1.165) is 31.4 Å². The van der Waals surface area contributed by atoms with Crippen molar-refractivity contribution in [3.8, 4) is 5.75 Å². The number of ether oxygens (including phenoxy) is 1. The first-order valence-electron chi connectivity index (χ1n) is 7.76. The molecule has 0 heterocycles. The Kier molecular flexibility index (Phi) is 5.62. The third-order valence-corrected chi connectivity index (χ3v) is 3.96. The summed E-state index contributed by atoms with van der Waals surface area (Å²) in [6.07, 6.45) is 3.59. The maximum absolute atomic E-state index is 12.3. The fraction of sp³-hybridized carbons (Fsp3) is 0.588. The lowest BCUT2D eigenvalue weighted by Gasteiger charge is -2.34. The summed E-state index contributed by atoms with van der Waals surface area (Å²) in [6.45, 7) is 3.56. The molecule has 0 unspecified atom stereocenters. The molecular weight excluding hydrogens is 266 g/mol. The fourth-order valence-corrected chi connectivity index (χ4v) is 2.57. The second-order valence-electron chi connectivity index (χ2n) is 5.90. The van der Waals surface area contributed by atoms with Gasteiger partial charge in [0, 0.05) is 19.2 Å². The van der Waals surface area contributed by atoms with Crippen molar-refractivity contribution in [1.29, 1.82) is 0 Å². The number of aliphatic hydroxyl groups excluding tert-OH is 1. The summed E-state index contributed by atoms with van der Waals surface area (Å²) in [7, 11) is 1.82. The van der Waals surface area contributed by atoms with E-state index in [1.807, 2.05) is 31.3 Å². The van der Waals surface area contributed by atoms with E-state index in [4.69, 9.17) is 4.74 Å². The Labute approximate surface area is 126 Å². The molecule has 2 rings (SSSR count). The van der Waals surface area contributed by atoms with Gasteiger partial charge in [-0.25, -0.2) is 0 Å². The van der Waals surface area contributed by atoms with Crippen LogP contribution in [0.1, 0.15) is 43.0 Å². The summed E-state index contributed by atoms with van der Waals surface area (Å²) >= 11 is 0. The highest BCUT2D eigenvalue weighted by molar-refractivity contribution is 5.94. The molecule has 0 bridgehead atoms. The van der Waals surface area contributed by atoms with E-state index < -0.39 is 0 Å². The van der Waals surface area contributed by atoms with Gasteiger partial charge in [0.25, 0.3) is 5.91 Å². The lowest BCUT2D eigenvalue weighted by atomic mass is 9.82. The number of carbonyl (C=O) groups excluding carboxylic acids is 1. The lowest BCUT2D eigenvalue weighted by Crippen LogP contribution is -2.39. The van der Waals surface area contributed by atoms with Crippen molar-refractivity contribution in [1.82, 2.24) is 4.90 Å². The van der Waals surface area contributed by atoms with Gasteiger partial charge in [-0.2, -0.15) is 0 Å². The van der Waals surface area contributed by atoms with Gasteiger partial charge in [-0.05, 0) is 49.4 Å². The van der Waals surface area contributed by atoms with Crippen molar-refractivity contribution in [2.75, 3.05) is 20.2 Å². The van der Waals surface area contributed by atoms with Gasteiger partial charge in [0.2, 0.25) is 0 Å². The van der Waals surface area contributed by atoms with Gasteiger partial charge in [-0.1, -0.05) is 13.3 Å². The SMILES string of the molecule is CCCCOc1ccc(C(=O)N(C)CC2CC(O)C2)cc1. The third-order valence-electron chi connectivity index (χ3n) is 3.96. The maximum atomic E-state index is 12.3. The van der Waals surface area contributed by atoms with Crippen LogP contribution in [0.25, 0.3) is 0 Å². The molecule has 1 saturated carbocycles. The number of unbranched alkanes of at least 4 members (excludes halogenated alkanes) is 1. The molecule has 1 fully saturated rings. The monoisotopic (exact) mass is 291 g/mol. The average molecular weight is 291 g/mol. The molecular formula is C17H25NO3. The van der Waals surface area contributed by atoms with Gasteiger partial charge in [0.15, 0.2) is 0 Å². The lowest BCUT2D eigenvalue weighted by molar-refractivity contribution is 0.0265. The Morgan fingerprint density at radius 2 is 2.00 bits per heavy atom. The summed E-state index contributed by atoms with van der Waals surface area (Å²) in [6, 6.07) is 7.33. The molecule has 0 saturated heterocycles. The van der Waals surface area contributed by atoms with Gasteiger partial charge in [-0.15, -0.1) is 0 Å². The van der Waals surface area contributed by atoms with E-state index in [-0.39, 0.29) is 12.0 Å². The Morgan fingerprint density at radius 3 is 2.57 bits per heavy atom. The minimum Gasteiger partial charge on any atom is -0.494 e. The van der Waals surface area contributed by atoms with Crippen LogP contribution < -0.4 is 4.74 Å². The maximum Gasteiger partial charge on any atom is 0.253 e. The van der Waals surface area contributed by atoms with Crippen LogP contribution in [0.15, 0.2) is 24.3 Å². The minimum atomic E-state index is -0.168. The van der Waals surface area contributed by atoms with Crippen molar-refractivity contribution in [3.05, 3.63) is 29.8 Å². The van der Waals surface area contributed by atoms with E-state index in [1.54, 1.807) is 4.90 Å². The van der Waals surface area contributed by atoms with Gasteiger partial charge in [-0.3, -0.25) is 4.79 Å². The quantitative estimate of drug-likeness (QED) is 0.786. The van der Waals surface area contributed by atoms with Crippen molar-refractivity contribution in [2.24, 2.45) is 5.92 Å². The smallest absolute Gasteiger partial charge is 0.253 e. The van der Waals surface area contributed by atoms with E-state index in [1.165, 1.54) is 0 Å². The highest BCUT2D eigenvalue weighted by Crippen LogP contribution is 2.28. The summed E-state index contributed by atoms with van der Waals surface area (Å²) < 4.78 is 5.59. The van der Waals surface area contributed by atoms with Crippen LogP contribution in [0.5, 0.6) is 5.75 Å². The largest absolute Gasteiger partial charge is 0.494 e. The van der Waals surface area contributed by atoms with Crippen molar-refractivity contribution in [3.63, 3.8) is 0 Å². The summed E-state index contributed by atoms with van der Waals surface area (Å²) in [4.78, 5) is 14.0. The Hall–Kier alpha value is -1.55. The molecule has 1 aromatic rings. The standard InChI is InChI=1S/C17H25NO3/c1-3-4-9-21-16-7-5-14(6-8-16)17(20)18(2)12-13-10-15(19)11-13/h5-8,13,15,19H,3-4,9-12H2,1-2H3. The Bertz CT molecular complexity index is 452. The first kappa shape index (κ1) is 15.8. The molecule has 1 aromatic carbocycles. The fourth-order valence-electron chi connectivity index (χ4n) is 2.57. The summed E-state index contributed by atoms with van der Waals surface area (Å²) in [5, 5.41) is 9.29. The normalized spacial score (nSPS) is 20.7. The van der Waals surface area contributed by atoms with Gasteiger partial charge < -0.3 is 14.7 Å². The number of aliphatic hydroxyl groups is 1. The third kappa shape index (κ3) is 4.46. The molecule has 0 spiro atoms. The Balaban J connectivity index is 1.84. The molecule has 1 aliphatic carbocycles. The van der Waals surface area contributed by atoms with E-state index in [2.05, 4.69) is 6.92 Å². The molecule has 0 atom stereocenters. The number of carbonyl (C=O) groups is 1.